The molecule has 0 saturated heterocycles. The van der Waals surface area contributed by atoms with Gasteiger partial charge in [-0.2, -0.15) is 0 Å². The van der Waals surface area contributed by atoms with E-state index in [9.17, 15) is 0 Å². The van der Waals surface area contributed by atoms with E-state index in [2.05, 4.69) is 87.5 Å². The van der Waals surface area contributed by atoms with Gasteiger partial charge in [0, 0.05) is 20.2 Å². The number of hydrogen-bond acceptors (Lipinski definition) is 4. The minimum absolute atomic E-state index is 0.950. The molecule has 0 bridgehead atoms. The number of benzene rings is 2. The summed E-state index contributed by atoms with van der Waals surface area (Å²) >= 11 is 5.80. The first-order chi connectivity index (χ1) is 12.2. The van der Waals surface area contributed by atoms with Crippen LogP contribution in [0.25, 0.3) is 27.7 Å². The van der Waals surface area contributed by atoms with E-state index in [1.165, 1.54) is 24.4 Å². The molecule has 0 unspecified atom stereocenters. The Morgan fingerprint density at radius 1 is 1.04 bits per heavy atom. The molecule has 122 valence electrons. The lowest BCUT2D eigenvalue weighted by molar-refractivity contribution is 1.34. The summed E-state index contributed by atoms with van der Waals surface area (Å²) in [7, 11) is 0. The summed E-state index contributed by atoms with van der Waals surface area (Å²) < 4.78 is 2.42. The molecule has 0 amide bonds. The van der Waals surface area contributed by atoms with Crippen molar-refractivity contribution < 1.29 is 0 Å². The maximum atomic E-state index is 4.73. The Morgan fingerprint density at radius 2 is 1.92 bits per heavy atom. The highest BCUT2D eigenvalue weighted by molar-refractivity contribution is 14.1. The first-order valence-electron chi connectivity index (χ1n) is 7.76. The molecule has 0 atom stereocenters. The van der Waals surface area contributed by atoms with Crippen molar-refractivity contribution >= 4 is 67.8 Å². The maximum Gasteiger partial charge on any atom is 0.149 e. The van der Waals surface area contributed by atoms with Gasteiger partial charge in [0.1, 0.15) is 10.7 Å². The number of fused-ring (bicyclic) bond motifs is 2. The molecule has 0 radical (unpaired) electrons. The molecule has 0 saturated carbocycles. The van der Waals surface area contributed by atoms with Crippen LogP contribution in [0.2, 0.25) is 0 Å². The Kier molecular flexibility index (Phi) is 3.83. The third-order valence-electron chi connectivity index (χ3n) is 3.96. The van der Waals surface area contributed by atoms with Gasteiger partial charge >= 0.3 is 0 Å². The molecule has 2 N–H and O–H groups in total. The molecule has 3 nitrogen and oxygen atoms in total. The highest BCUT2D eigenvalue weighted by Gasteiger charge is 2.17. The van der Waals surface area contributed by atoms with Crippen molar-refractivity contribution in [3.05, 3.63) is 68.2 Å². The van der Waals surface area contributed by atoms with Crippen molar-refractivity contribution in [1.82, 2.24) is 9.97 Å². The van der Waals surface area contributed by atoms with Crippen LogP contribution in [0.15, 0.2) is 64.5 Å². The fraction of sp³-hybridized carbons (Fsp3) is 0. The Hall–Kier alpha value is -1.77. The third kappa shape index (κ3) is 2.98. The number of rotatable bonds is 2. The van der Waals surface area contributed by atoms with E-state index in [-0.39, 0.29) is 0 Å². The predicted octanol–water partition coefficient (Wildman–Crippen LogP) is 6.41. The minimum atomic E-state index is 0.950. The van der Waals surface area contributed by atoms with Gasteiger partial charge in [-0.1, -0.05) is 42.1 Å². The van der Waals surface area contributed by atoms with Gasteiger partial charge in [0.15, 0.2) is 0 Å². The van der Waals surface area contributed by atoms with Gasteiger partial charge in [-0.3, -0.25) is 0 Å². The summed E-state index contributed by atoms with van der Waals surface area (Å²) in [4.78, 5) is 9.42. The lowest BCUT2D eigenvalue weighted by Crippen LogP contribution is -1.88. The average Bonchev–Trinajstić information content (AvgIpc) is 3.28. The molecule has 6 heteroatoms. The number of H-pyrrole nitrogens is 1. The van der Waals surface area contributed by atoms with Gasteiger partial charge in [-0.05, 0) is 52.4 Å². The molecule has 0 aliphatic carbocycles. The molecule has 4 aromatic rings. The van der Waals surface area contributed by atoms with E-state index in [1.807, 2.05) is 6.07 Å². The van der Waals surface area contributed by atoms with Crippen LogP contribution in [0.1, 0.15) is 5.01 Å². The summed E-state index contributed by atoms with van der Waals surface area (Å²) in [6.07, 6.45) is 2.12. The van der Waals surface area contributed by atoms with Crippen molar-refractivity contribution in [2.45, 2.75) is 4.90 Å². The zero-order valence-electron chi connectivity index (χ0n) is 12.9. The molecule has 1 aliphatic heterocycles. The van der Waals surface area contributed by atoms with E-state index < -0.39 is 0 Å². The van der Waals surface area contributed by atoms with Crippen LogP contribution in [-0.4, -0.2) is 9.97 Å². The monoisotopic (exact) mass is 473 g/mol. The van der Waals surface area contributed by atoms with Gasteiger partial charge in [0.25, 0.3) is 0 Å². The Balaban J connectivity index is 1.44. The molecular formula is C19H12IN3S2. The maximum absolute atomic E-state index is 4.73. The molecule has 0 fully saturated rings. The molecular weight excluding hydrogens is 461 g/mol. The highest BCUT2D eigenvalue weighted by Crippen LogP contribution is 2.42. The zero-order valence-corrected chi connectivity index (χ0v) is 16.7. The second kappa shape index (κ2) is 6.19. The van der Waals surface area contributed by atoms with E-state index >= 15 is 0 Å². The quantitative estimate of drug-likeness (QED) is 0.331. The normalized spacial score (nSPS) is 14.8. The van der Waals surface area contributed by atoms with Gasteiger partial charge in [-0.25, -0.2) is 4.98 Å². The van der Waals surface area contributed by atoms with Gasteiger partial charge in [0.2, 0.25) is 0 Å². The number of nitrogens with zero attached hydrogens (tertiary/aromatic N) is 1. The summed E-state index contributed by atoms with van der Waals surface area (Å²) in [6, 6.07) is 19.0. The predicted molar refractivity (Wildman–Crippen MR) is 116 cm³/mol. The number of aromatic nitrogens is 2. The third-order valence-corrected chi connectivity index (χ3v) is 6.59. The Bertz CT molecular complexity index is 1080. The topological polar surface area (TPSA) is 40.7 Å². The first-order valence-corrected chi connectivity index (χ1v) is 10.5. The van der Waals surface area contributed by atoms with Crippen molar-refractivity contribution in [2.75, 3.05) is 5.32 Å². The number of halogens is 1. The Morgan fingerprint density at radius 3 is 2.76 bits per heavy atom. The van der Waals surface area contributed by atoms with Gasteiger partial charge in [-0.15, -0.1) is 11.3 Å². The molecule has 2 aromatic carbocycles. The number of nitrogens with one attached hydrogen (secondary N) is 2. The van der Waals surface area contributed by atoms with Crippen LogP contribution >= 0.6 is 45.7 Å². The standard InChI is InChI=1S/C19H12IN3S2/c20-12-6-7-15-14(8-12)21-17(24-15)10-18-23-19-16(25-18)9-13(22-19)11-4-2-1-3-5-11/h1-10,21-22H/b17-10-. The Labute approximate surface area is 166 Å². The summed E-state index contributed by atoms with van der Waals surface area (Å²) in [5.74, 6) is 0. The van der Waals surface area contributed by atoms with Crippen LogP contribution in [0.5, 0.6) is 0 Å². The van der Waals surface area contributed by atoms with Crippen molar-refractivity contribution in [3.8, 4) is 11.3 Å². The molecule has 5 rings (SSSR count). The van der Waals surface area contributed by atoms with Crippen LogP contribution in [0.4, 0.5) is 5.69 Å². The number of aromatic amines is 1. The van der Waals surface area contributed by atoms with E-state index in [0.29, 0.717) is 0 Å². The summed E-state index contributed by atoms with van der Waals surface area (Å²) in [6.45, 7) is 0. The lowest BCUT2D eigenvalue weighted by atomic mass is 10.2. The number of thiazole rings is 1. The molecule has 2 aromatic heterocycles. The van der Waals surface area contributed by atoms with Crippen LogP contribution in [-0.2, 0) is 0 Å². The molecule has 3 heterocycles. The number of hydrogen-bond donors (Lipinski definition) is 2. The van der Waals surface area contributed by atoms with E-state index in [1.54, 1.807) is 23.1 Å². The average molecular weight is 473 g/mol. The molecule has 0 spiro atoms. The highest BCUT2D eigenvalue weighted by atomic mass is 127. The molecule has 25 heavy (non-hydrogen) atoms. The van der Waals surface area contributed by atoms with Crippen molar-refractivity contribution in [3.63, 3.8) is 0 Å². The fourth-order valence-corrected chi connectivity index (χ4v) is 5.21. The SMILES string of the molecule is Ic1ccc2c(c1)N/C(=C/c1nc3[nH]c(-c4ccccc4)cc3s1)S2. The minimum Gasteiger partial charge on any atom is -0.349 e. The van der Waals surface area contributed by atoms with Crippen LogP contribution < -0.4 is 5.32 Å². The summed E-state index contributed by atoms with van der Waals surface area (Å²) in [5.41, 5.74) is 4.43. The van der Waals surface area contributed by atoms with Crippen LogP contribution in [0, 0.1) is 3.57 Å². The van der Waals surface area contributed by atoms with Crippen molar-refractivity contribution in [1.29, 1.82) is 0 Å². The first kappa shape index (κ1) is 15.5. The lowest BCUT2D eigenvalue weighted by Gasteiger charge is -1.98. The second-order valence-electron chi connectivity index (χ2n) is 5.69. The smallest absolute Gasteiger partial charge is 0.149 e. The fourth-order valence-electron chi connectivity index (χ4n) is 2.81. The van der Waals surface area contributed by atoms with Crippen LogP contribution in [0.3, 0.4) is 0 Å². The zero-order chi connectivity index (χ0) is 16.8. The summed E-state index contributed by atoms with van der Waals surface area (Å²) in [5, 5.41) is 5.61. The van der Waals surface area contributed by atoms with Gasteiger partial charge in [0.05, 0.1) is 15.4 Å². The largest absolute Gasteiger partial charge is 0.349 e. The van der Waals surface area contributed by atoms with E-state index in [0.717, 1.165) is 21.4 Å². The molecule has 1 aliphatic rings. The van der Waals surface area contributed by atoms with E-state index in [4.69, 9.17) is 4.98 Å². The van der Waals surface area contributed by atoms with Gasteiger partial charge < -0.3 is 10.3 Å². The van der Waals surface area contributed by atoms with Crippen molar-refractivity contribution in [2.24, 2.45) is 0 Å². The number of thioether (sulfide) groups is 1. The number of anilines is 1. The second-order valence-corrected chi connectivity index (χ2v) is 9.08.